The molecule has 1 unspecified atom stereocenters. The Kier molecular flexibility index (Phi) is 13.4. The van der Waals surface area contributed by atoms with E-state index in [0.717, 1.165) is 19.4 Å². The highest BCUT2D eigenvalue weighted by Gasteiger charge is 2.17. The van der Waals surface area contributed by atoms with Gasteiger partial charge in [-0.25, -0.2) is 0 Å². The average molecular weight is 271 g/mol. The molecule has 0 aliphatic heterocycles. The number of carbonyl (C=O) groups is 1. The molecule has 0 aliphatic rings. The molecule has 0 heterocycles. The Morgan fingerprint density at radius 3 is 2.05 bits per heavy atom. The fourth-order valence-corrected chi connectivity index (χ4v) is 2.27. The lowest BCUT2D eigenvalue weighted by atomic mass is 10.0. The third-order valence-electron chi connectivity index (χ3n) is 3.37. The topological polar surface area (TPSA) is 38.3 Å². The van der Waals surface area contributed by atoms with E-state index in [2.05, 4.69) is 12.2 Å². The van der Waals surface area contributed by atoms with Crippen LogP contribution in [0.15, 0.2) is 0 Å². The maximum atomic E-state index is 11.7. The van der Waals surface area contributed by atoms with Gasteiger partial charge in [-0.1, -0.05) is 65.2 Å². The average Bonchev–Trinajstić information content (AvgIpc) is 2.40. The molecular formula is C16H33NO2. The van der Waals surface area contributed by atoms with Crippen molar-refractivity contribution in [3.05, 3.63) is 0 Å². The summed E-state index contributed by atoms with van der Waals surface area (Å²) in [6, 6.07) is -0.106. The summed E-state index contributed by atoms with van der Waals surface area (Å²) in [6.45, 7) is 7.42. The number of esters is 1. The van der Waals surface area contributed by atoms with Crippen LogP contribution in [0, 0.1) is 0 Å². The molecule has 0 bridgehead atoms. The lowest BCUT2D eigenvalue weighted by Gasteiger charge is -2.15. The number of unbranched alkanes of at least 4 members (excludes halogenated alkanes) is 7. The molecule has 0 fully saturated rings. The Bertz CT molecular complexity index is 207. The van der Waals surface area contributed by atoms with E-state index in [1.54, 1.807) is 0 Å². The molecule has 1 N–H and O–H groups in total. The molecule has 0 amide bonds. The van der Waals surface area contributed by atoms with Gasteiger partial charge in [-0.3, -0.25) is 4.79 Å². The summed E-state index contributed by atoms with van der Waals surface area (Å²) in [7, 11) is 0. The van der Waals surface area contributed by atoms with Crippen LogP contribution >= 0.6 is 0 Å². The van der Waals surface area contributed by atoms with Gasteiger partial charge in [-0.15, -0.1) is 0 Å². The van der Waals surface area contributed by atoms with Gasteiger partial charge in [0.1, 0.15) is 6.04 Å². The minimum atomic E-state index is -0.106. The maximum absolute atomic E-state index is 11.7. The molecular weight excluding hydrogens is 238 g/mol. The van der Waals surface area contributed by atoms with E-state index in [1.165, 1.54) is 44.9 Å². The highest BCUT2D eigenvalue weighted by Crippen LogP contribution is 2.11. The molecule has 0 aromatic rings. The number of ether oxygens (including phenoxy) is 1. The summed E-state index contributed by atoms with van der Waals surface area (Å²) in [5.74, 6) is -0.0905. The van der Waals surface area contributed by atoms with Crippen molar-refractivity contribution in [1.29, 1.82) is 0 Å². The number of hydrogen-bond donors (Lipinski definition) is 1. The van der Waals surface area contributed by atoms with Crippen molar-refractivity contribution in [2.45, 2.75) is 84.6 Å². The van der Waals surface area contributed by atoms with E-state index in [0.29, 0.717) is 6.61 Å². The highest BCUT2D eigenvalue weighted by atomic mass is 16.5. The summed E-state index contributed by atoms with van der Waals surface area (Å²) in [5.41, 5.74) is 0. The third kappa shape index (κ3) is 11.0. The van der Waals surface area contributed by atoms with Gasteiger partial charge >= 0.3 is 5.97 Å². The quantitative estimate of drug-likeness (QED) is 0.405. The molecule has 0 saturated heterocycles. The van der Waals surface area contributed by atoms with Gasteiger partial charge in [0.15, 0.2) is 0 Å². The normalized spacial score (nSPS) is 12.4. The van der Waals surface area contributed by atoms with Gasteiger partial charge in [0.25, 0.3) is 0 Å². The van der Waals surface area contributed by atoms with Crippen molar-refractivity contribution in [3.8, 4) is 0 Å². The van der Waals surface area contributed by atoms with Crippen molar-refractivity contribution in [1.82, 2.24) is 5.32 Å². The maximum Gasteiger partial charge on any atom is 0.323 e. The van der Waals surface area contributed by atoms with Gasteiger partial charge in [-0.2, -0.15) is 0 Å². The molecule has 0 aliphatic carbocycles. The number of carbonyl (C=O) groups excluding carboxylic acids is 1. The zero-order valence-corrected chi connectivity index (χ0v) is 13.2. The largest absolute Gasteiger partial charge is 0.465 e. The SMILES string of the molecule is CCCCCCCCCCC(NCC)C(=O)OCC. The van der Waals surface area contributed by atoms with E-state index in [-0.39, 0.29) is 12.0 Å². The first kappa shape index (κ1) is 18.4. The van der Waals surface area contributed by atoms with Crippen LogP contribution in [0.25, 0.3) is 0 Å². The van der Waals surface area contributed by atoms with Crippen molar-refractivity contribution in [2.24, 2.45) is 0 Å². The molecule has 3 nitrogen and oxygen atoms in total. The standard InChI is InChI=1S/C16H33NO2/c1-4-7-8-9-10-11-12-13-14-15(17-5-2)16(18)19-6-3/h15,17H,4-14H2,1-3H3. The Labute approximate surface area is 119 Å². The summed E-state index contributed by atoms with van der Waals surface area (Å²) < 4.78 is 5.08. The van der Waals surface area contributed by atoms with Crippen molar-refractivity contribution >= 4 is 5.97 Å². The van der Waals surface area contributed by atoms with Gasteiger partial charge < -0.3 is 10.1 Å². The van der Waals surface area contributed by atoms with E-state index >= 15 is 0 Å². The molecule has 0 spiro atoms. The van der Waals surface area contributed by atoms with E-state index in [9.17, 15) is 4.79 Å². The van der Waals surface area contributed by atoms with Crippen LogP contribution in [0.4, 0.5) is 0 Å². The molecule has 114 valence electrons. The zero-order valence-electron chi connectivity index (χ0n) is 13.2. The van der Waals surface area contributed by atoms with Crippen LogP contribution in [-0.4, -0.2) is 25.2 Å². The minimum absolute atomic E-state index is 0.0905. The summed E-state index contributed by atoms with van der Waals surface area (Å²) in [5, 5.41) is 3.21. The molecule has 0 rings (SSSR count). The first-order valence-corrected chi connectivity index (χ1v) is 8.16. The molecule has 19 heavy (non-hydrogen) atoms. The summed E-state index contributed by atoms with van der Waals surface area (Å²) in [4.78, 5) is 11.7. The second-order valence-electron chi connectivity index (χ2n) is 5.13. The predicted octanol–water partition coefficient (Wildman–Crippen LogP) is 4.06. The fraction of sp³-hybridized carbons (Fsp3) is 0.938. The first-order chi connectivity index (χ1) is 9.26. The predicted molar refractivity (Wildman–Crippen MR) is 81.3 cm³/mol. The van der Waals surface area contributed by atoms with Gasteiger partial charge in [-0.05, 0) is 19.9 Å². The number of nitrogens with one attached hydrogen (secondary N) is 1. The number of rotatable bonds is 13. The monoisotopic (exact) mass is 271 g/mol. The van der Waals surface area contributed by atoms with Gasteiger partial charge in [0.05, 0.1) is 6.61 Å². The molecule has 1 atom stereocenters. The Balaban J connectivity index is 3.55. The lowest BCUT2D eigenvalue weighted by Crippen LogP contribution is -2.37. The molecule has 0 saturated carbocycles. The number of likely N-dealkylation sites (N-methyl/N-ethyl adjacent to an activating group) is 1. The Morgan fingerprint density at radius 1 is 0.947 bits per heavy atom. The lowest BCUT2D eigenvalue weighted by molar-refractivity contribution is -0.145. The second kappa shape index (κ2) is 13.9. The molecule has 0 aromatic heterocycles. The third-order valence-corrected chi connectivity index (χ3v) is 3.37. The van der Waals surface area contributed by atoms with Crippen LogP contribution in [0.1, 0.15) is 78.6 Å². The molecule has 0 radical (unpaired) electrons. The van der Waals surface area contributed by atoms with Crippen LogP contribution in [-0.2, 0) is 9.53 Å². The van der Waals surface area contributed by atoms with E-state index in [4.69, 9.17) is 4.74 Å². The van der Waals surface area contributed by atoms with Crippen molar-refractivity contribution in [3.63, 3.8) is 0 Å². The van der Waals surface area contributed by atoms with Gasteiger partial charge in [0.2, 0.25) is 0 Å². The summed E-state index contributed by atoms with van der Waals surface area (Å²) >= 11 is 0. The first-order valence-electron chi connectivity index (χ1n) is 8.16. The highest BCUT2D eigenvalue weighted by molar-refractivity contribution is 5.75. The van der Waals surface area contributed by atoms with E-state index < -0.39 is 0 Å². The molecule has 3 heteroatoms. The second-order valence-corrected chi connectivity index (χ2v) is 5.13. The summed E-state index contributed by atoms with van der Waals surface area (Å²) in [6.07, 6.45) is 11.3. The molecule has 0 aromatic carbocycles. The van der Waals surface area contributed by atoms with Gasteiger partial charge in [0, 0.05) is 0 Å². The van der Waals surface area contributed by atoms with Crippen molar-refractivity contribution < 1.29 is 9.53 Å². The fourth-order valence-electron chi connectivity index (χ4n) is 2.27. The minimum Gasteiger partial charge on any atom is -0.465 e. The smallest absolute Gasteiger partial charge is 0.323 e. The van der Waals surface area contributed by atoms with Crippen LogP contribution in [0.2, 0.25) is 0 Å². The van der Waals surface area contributed by atoms with Crippen LogP contribution in [0.3, 0.4) is 0 Å². The number of hydrogen-bond acceptors (Lipinski definition) is 3. The van der Waals surface area contributed by atoms with E-state index in [1.807, 2.05) is 13.8 Å². The Hall–Kier alpha value is -0.570. The zero-order chi connectivity index (χ0) is 14.3. The van der Waals surface area contributed by atoms with Crippen LogP contribution < -0.4 is 5.32 Å². The van der Waals surface area contributed by atoms with Crippen LogP contribution in [0.5, 0.6) is 0 Å². The Morgan fingerprint density at radius 2 is 1.53 bits per heavy atom. The van der Waals surface area contributed by atoms with Crippen molar-refractivity contribution in [2.75, 3.05) is 13.2 Å².